The highest BCUT2D eigenvalue weighted by atomic mass is 16.5. The van der Waals surface area contributed by atoms with Gasteiger partial charge in [-0.05, 0) is 56.2 Å². The molecule has 0 spiro atoms. The van der Waals surface area contributed by atoms with E-state index in [4.69, 9.17) is 4.74 Å². The van der Waals surface area contributed by atoms with Crippen LogP contribution in [0.2, 0.25) is 0 Å². The molecule has 1 heterocycles. The average molecular weight is 407 g/mol. The zero-order chi connectivity index (χ0) is 21.9. The summed E-state index contributed by atoms with van der Waals surface area (Å²) in [6.07, 6.45) is 0. The van der Waals surface area contributed by atoms with Crippen LogP contribution in [0, 0.1) is 0 Å². The van der Waals surface area contributed by atoms with E-state index in [-0.39, 0.29) is 0 Å². The molecule has 2 aromatic carbocycles. The van der Waals surface area contributed by atoms with Crippen molar-refractivity contribution in [3.63, 3.8) is 0 Å². The summed E-state index contributed by atoms with van der Waals surface area (Å²) in [5.41, 5.74) is 0.810. The van der Waals surface area contributed by atoms with Gasteiger partial charge in [0.15, 0.2) is 0 Å². The molecule has 3 rings (SSSR count). The van der Waals surface area contributed by atoms with Crippen LogP contribution in [-0.4, -0.2) is 35.4 Å². The first-order chi connectivity index (χ1) is 14.2. The van der Waals surface area contributed by atoms with Crippen LogP contribution in [0.15, 0.2) is 66.7 Å². The Labute approximate surface area is 175 Å². The molecule has 7 nitrogen and oxygen atoms in total. The van der Waals surface area contributed by atoms with E-state index in [2.05, 4.69) is 17.2 Å². The molecule has 1 saturated heterocycles. The Morgan fingerprint density at radius 1 is 1.17 bits per heavy atom. The zero-order valence-electron chi connectivity index (χ0n) is 17.3. The lowest BCUT2D eigenvalue weighted by atomic mass is 9.91. The normalized spacial score (nSPS) is 19.2. The topological polar surface area (TPSA) is 87.7 Å². The summed E-state index contributed by atoms with van der Waals surface area (Å²) in [6, 6.07) is 14.2. The van der Waals surface area contributed by atoms with Gasteiger partial charge in [0, 0.05) is 5.69 Å². The SMILES string of the molecule is C=C(C)COc1ccc(C2(C)NC(=O)N(C(C)C(=O)Nc3ccccc3)C2=O)cc1. The highest BCUT2D eigenvalue weighted by Crippen LogP contribution is 2.31. The molecule has 30 heavy (non-hydrogen) atoms. The van der Waals surface area contributed by atoms with Gasteiger partial charge in [-0.3, -0.25) is 9.59 Å². The molecule has 2 atom stereocenters. The fourth-order valence-corrected chi connectivity index (χ4v) is 3.18. The minimum absolute atomic E-state index is 0.397. The van der Waals surface area contributed by atoms with Gasteiger partial charge >= 0.3 is 6.03 Å². The highest BCUT2D eigenvalue weighted by Gasteiger charge is 2.51. The monoisotopic (exact) mass is 407 g/mol. The summed E-state index contributed by atoms with van der Waals surface area (Å²) in [7, 11) is 0. The van der Waals surface area contributed by atoms with E-state index < -0.39 is 29.4 Å². The van der Waals surface area contributed by atoms with Gasteiger partial charge < -0.3 is 15.4 Å². The van der Waals surface area contributed by atoms with Crippen molar-refractivity contribution < 1.29 is 19.1 Å². The molecule has 2 aromatic rings. The van der Waals surface area contributed by atoms with Crippen LogP contribution >= 0.6 is 0 Å². The van der Waals surface area contributed by atoms with Gasteiger partial charge in [0.2, 0.25) is 5.91 Å². The van der Waals surface area contributed by atoms with Crippen LogP contribution in [-0.2, 0) is 15.1 Å². The minimum atomic E-state index is -1.27. The van der Waals surface area contributed by atoms with E-state index in [1.165, 1.54) is 6.92 Å². The summed E-state index contributed by atoms with van der Waals surface area (Å²) in [5.74, 6) is -0.300. The smallest absolute Gasteiger partial charge is 0.326 e. The van der Waals surface area contributed by atoms with Crippen molar-refractivity contribution in [2.24, 2.45) is 0 Å². The number of rotatable bonds is 7. The van der Waals surface area contributed by atoms with Crippen molar-refractivity contribution in [2.45, 2.75) is 32.4 Å². The quantitative estimate of drug-likeness (QED) is 0.544. The number of carbonyl (C=O) groups excluding carboxylic acids is 3. The molecule has 2 unspecified atom stereocenters. The molecular formula is C23H25N3O4. The zero-order valence-corrected chi connectivity index (χ0v) is 17.3. The van der Waals surface area contributed by atoms with Crippen molar-refractivity contribution >= 4 is 23.5 Å². The first-order valence-electron chi connectivity index (χ1n) is 9.62. The Hall–Kier alpha value is -3.61. The van der Waals surface area contributed by atoms with E-state index in [1.807, 2.05) is 13.0 Å². The summed E-state index contributed by atoms with van der Waals surface area (Å²) < 4.78 is 5.58. The molecule has 4 amide bonds. The molecule has 7 heteroatoms. The maximum atomic E-state index is 13.2. The molecule has 0 radical (unpaired) electrons. The lowest BCUT2D eigenvalue weighted by Gasteiger charge is -2.24. The first kappa shape index (κ1) is 21.1. The van der Waals surface area contributed by atoms with Crippen LogP contribution in [0.4, 0.5) is 10.5 Å². The van der Waals surface area contributed by atoms with Crippen molar-refractivity contribution in [1.82, 2.24) is 10.2 Å². The van der Waals surface area contributed by atoms with Crippen LogP contribution in [0.1, 0.15) is 26.3 Å². The predicted octanol–water partition coefficient (Wildman–Crippen LogP) is 3.44. The fraction of sp³-hybridized carbons (Fsp3) is 0.261. The van der Waals surface area contributed by atoms with Gasteiger partial charge in [-0.2, -0.15) is 0 Å². The Balaban J connectivity index is 1.75. The van der Waals surface area contributed by atoms with E-state index >= 15 is 0 Å². The maximum absolute atomic E-state index is 13.2. The van der Waals surface area contributed by atoms with Gasteiger partial charge in [0.25, 0.3) is 5.91 Å². The molecule has 1 aliphatic rings. The Morgan fingerprint density at radius 3 is 2.40 bits per heavy atom. The number of hydrogen-bond acceptors (Lipinski definition) is 4. The lowest BCUT2D eigenvalue weighted by Crippen LogP contribution is -2.47. The van der Waals surface area contributed by atoms with Crippen molar-refractivity contribution in [3.8, 4) is 5.75 Å². The first-order valence-corrected chi connectivity index (χ1v) is 9.62. The lowest BCUT2D eigenvalue weighted by molar-refractivity contribution is -0.136. The summed E-state index contributed by atoms with van der Waals surface area (Å²) >= 11 is 0. The number of ether oxygens (including phenoxy) is 1. The van der Waals surface area contributed by atoms with Gasteiger partial charge in [-0.25, -0.2) is 9.69 Å². The Morgan fingerprint density at radius 2 is 1.80 bits per heavy atom. The number of carbonyl (C=O) groups is 3. The largest absolute Gasteiger partial charge is 0.489 e. The fourth-order valence-electron chi connectivity index (χ4n) is 3.18. The van der Waals surface area contributed by atoms with Crippen LogP contribution < -0.4 is 15.4 Å². The van der Waals surface area contributed by atoms with Gasteiger partial charge in [0.05, 0.1) is 0 Å². The van der Waals surface area contributed by atoms with Crippen molar-refractivity contribution in [3.05, 3.63) is 72.3 Å². The van der Waals surface area contributed by atoms with Crippen molar-refractivity contribution in [2.75, 3.05) is 11.9 Å². The molecule has 0 aliphatic carbocycles. The van der Waals surface area contributed by atoms with E-state index in [9.17, 15) is 14.4 Å². The molecule has 0 bridgehead atoms. The number of urea groups is 1. The number of nitrogens with zero attached hydrogens (tertiary/aromatic N) is 1. The second-order valence-electron chi connectivity index (χ2n) is 7.53. The predicted molar refractivity (Wildman–Crippen MR) is 114 cm³/mol. The van der Waals surface area contributed by atoms with Crippen LogP contribution in [0.25, 0.3) is 0 Å². The third kappa shape index (κ3) is 4.20. The van der Waals surface area contributed by atoms with Crippen molar-refractivity contribution in [1.29, 1.82) is 0 Å². The van der Waals surface area contributed by atoms with Gasteiger partial charge in [-0.15, -0.1) is 0 Å². The summed E-state index contributed by atoms with van der Waals surface area (Å²) in [4.78, 5) is 39.3. The minimum Gasteiger partial charge on any atom is -0.489 e. The van der Waals surface area contributed by atoms with Gasteiger partial charge in [-0.1, -0.05) is 36.9 Å². The number of nitrogens with one attached hydrogen (secondary N) is 2. The number of hydrogen-bond donors (Lipinski definition) is 2. The third-order valence-corrected chi connectivity index (χ3v) is 4.95. The van der Waals surface area contributed by atoms with Crippen LogP contribution in [0.5, 0.6) is 5.75 Å². The number of imide groups is 1. The third-order valence-electron chi connectivity index (χ3n) is 4.95. The van der Waals surface area contributed by atoms with E-state index in [0.717, 1.165) is 10.5 Å². The second-order valence-corrected chi connectivity index (χ2v) is 7.53. The van der Waals surface area contributed by atoms with Crippen LogP contribution in [0.3, 0.4) is 0 Å². The number of amides is 4. The summed E-state index contributed by atoms with van der Waals surface area (Å²) in [5, 5.41) is 5.44. The molecule has 2 N–H and O–H groups in total. The molecule has 0 saturated carbocycles. The Bertz CT molecular complexity index is 972. The molecule has 156 valence electrons. The summed E-state index contributed by atoms with van der Waals surface area (Å²) in [6.45, 7) is 9.20. The molecular weight excluding hydrogens is 382 g/mol. The highest BCUT2D eigenvalue weighted by molar-refractivity contribution is 6.11. The standard InChI is InChI=1S/C23H25N3O4/c1-15(2)14-30-19-12-10-17(11-13-19)23(4)21(28)26(22(29)25-23)16(3)20(27)24-18-8-6-5-7-9-18/h5-13,16H,1,14H2,2-4H3,(H,24,27)(H,25,29). The second kappa shape index (κ2) is 8.41. The molecule has 1 aliphatic heterocycles. The number of para-hydroxylation sites is 1. The van der Waals surface area contributed by atoms with Gasteiger partial charge in [0.1, 0.15) is 23.9 Å². The average Bonchev–Trinajstić information content (AvgIpc) is 2.96. The number of benzene rings is 2. The Kier molecular flexibility index (Phi) is 5.91. The molecule has 0 aromatic heterocycles. The van der Waals surface area contributed by atoms with E-state index in [0.29, 0.717) is 23.6 Å². The maximum Gasteiger partial charge on any atom is 0.326 e. The number of anilines is 1. The molecule has 1 fully saturated rings. The van der Waals surface area contributed by atoms with E-state index in [1.54, 1.807) is 55.5 Å².